The summed E-state index contributed by atoms with van der Waals surface area (Å²) < 4.78 is 17.5. The van der Waals surface area contributed by atoms with Crippen molar-refractivity contribution >= 4 is 5.91 Å². The molecule has 2 aliphatic heterocycles. The van der Waals surface area contributed by atoms with Crippen LogP contribution in [0.25, 0.3) is 0 Å². The van der Waals surface area contributed by atoms with Crippen LogP contribution in [0.1, 0.15) is 47.2 Å². The SMILES string of the molecule is COc1cc(C)ccc1CN1CCCC[C@H]2CN(CC[C@H]2OC)C(=O)c2cccc(c2)OCC1. The fourth-order valence-corrected chi connectivity index (χ4v) is 5.21. The van der Waals surface area contributed by atoms with Gasteiger partial charge in [0.05, 0.1) is 13.2 Å². The number of piperidine rings is 1. The maximum Gasteiger partial charge on any atom is 0.254 e. The lowest BCUT2D eigenvalue weighted by Gasteiger charge is -2.38. The maximum atomic E-state index is 13.2. The van der Waals surface area contributed by atoms with Crippen molar-refractivity contribution < 1.29 is 19.0 Å². The van der Waals surface area contributed by atoms with Gasteiger partial charge in [-0.3, -0.25) is 9.69 Å². The first-order valence-electron chi connectivity index (χ1n) is 12.5. The van der Waals surface area contributed by atoms with E-state index in [2.05, 4.69) is 30.0 Å². The normalized spacial score (nSPS) is 22.4. The third-order valence-corrected chi connectivity index (χ3v) is 7.15. The summed E-state index contributed by atoms with van der Waals surface area (Å²) in [5, 5.41) is 0. The standard InChI is InChI=1S/C28H38N2O4/c1-21-10-11-24(27(17-21)33-3)19-29-13-5-4-7-23-20-30(14-12-26(23)32-2)28(31)22-8-6-9-25(18-22)34-16-15-29/h6,8-11,17-18,23,26H,4-5,7,12-16,19-20H2,1-3H3/t23-,26+/m0/s1. The minimum absolute atomic E-state index is 0.0907. The fraction of sp³-hybridized carbons (Fsp3) is 0.536. The largest absolute Gasteiger partial charge is 0.496 e. The van der Waals surface area contributed by atoms with Crippen molar-refractivity contribution in [1.29, 1.82) is 0 Å². The van der Waals surface area contributed by atoms with Crippen molar-refractivity contribution in [2.24, 2.45) is 5.92 Å². The number of amides is 1. The molecule has 0 N–H and O–H groups in total. The number of aryl methyl sites for hydroxylation is 1. The van der Waals surface area contributed by atoms with Gasteiger partial charge in [-0.1, -0.05) is 24.6 Å². The molecule has 0 spiro atoms. The zero-order valence-electron chi connectivity index (χ0n) is 20.8. The Labute approximate surface area is 203 Å². The van der Waals surface area contributed by atoms with Crippen LogP contribution >= 0.6 is 0 Å². The molecule has 6 nitrogen and oxygen atoms in total. The summed E-state index contributed by atoms with van der Waals surface area (Å²) in [4.78, 5) is 17.6. The van der Waals surface area contributed by atoms with E-state index in [1.165, 1.54) is 11.1 Å². The van der Waals surface area contributed by atoms with Crippen molar-refractivity contribution in [2.75, 3.05) is 47.0 Å². The molecule has 6 heteroatoms. The third-order valence-electron chi connectivity index (χ3n) is 7.15. The summed E-state index contributed by atoms with van der Waals surface area (Å²) in [5.41, 5.74) is 3.09. The van der Waals surface area contributed by atoms with Gasteiger partial charge in [-0.25, -0.2) is 0 Å². The topological polar surface area (TPSA) is 51.2 Å². The number of fused-ring (bicyclic) bond motifs is 4. The molecule has 0 saturated carbocycles. The second kappa shape index (κ2) is 11.7. The van der Waals surface area contributed by atoms with Crippen molar-refractivity contribution in [3.8, 4) is 11.5 Å². The van der Waals surface area contributed by atoms with E-state index in [1.807, 2.05) is 29.2 Å². The summed E-state index contributed by atoms with van der Waals surface area (Å²) in [6.45, 7) is 6.78. The third kappa shape index (κ3) is 6.10. The summed E-state index contributed by atoms with van der Waals surface area (Å²) in [5.74, 6) is 2.15. The number of nitrogens with zero attached hydrogens (tertiary/aromatic N) is 2. The number of benzene rings is 2. The molecule has 1 amide bonds. The average molecular weight is 467 g/mol. The monoisotopic (exact) mass is 466 g/mol. The van der Waals surface area contributed by atoms with Crippen LogP contribution in [-0.2, 0) is 11.3 Å². The quantitative estimate of drug-likeness (QED) is 0.662. The Balaban J connectivity index is 1.52. The van der Waals surface area contributed by atoms with Crippen LogP contribution in [0.5, 0.6) is 11.5 Å². The molecule has 0 aromatic heterocycles. The van der Waals surface area contributed by atoms with Gasteiger partial charge in [0.2, 0.25) is 0 Å². The molecule has 2 heterocycles. The van der Waals surface area contributed by atoms with Gasteiger partial charge in [0.15, 0.2) is 0 Å². The van der Waals surface area contributed by atoms with Gasteiger partial charge in [-0.05, 0) is 62.6 Å². The lowest BCUT2D eigenvalue weighted by molar-refractivity contribution is -0.00677. The number of methoxy groups -OCH3 is 2. The lowest BCUT2D eigenvalue weighted by atomic mass is 9.89. The van der Waals surface area contributed by atoms with Gasteiger partial charge in [-0.15, -0.1) is 0 Å². The highest BCUT2D eigenvalue weighted by molar-refractivity contribution is 5.94. The zero-order chi connectivity index (χ0) is 23.9. The molecule has 2 atom stereocenters. The Morgan fingerprint density at radius 3 is 2.74 bits per heavy atom. The molecule has 34 heavy (non-hydrogen) atoms. The Kier molecular flexibility index (Phi) is 8.46. The van der Waals surface area contributed by atoms with Gasteiger partial charge in [0.25, 0.3) is 5.91 Å². The zero-order valence-corrected chi connectivity index (χ0v) is 20.8. The molecule has 1 saturated heterocycles. The number of carbonyl (C=O) groups is 1. The van der Waals surface area contributed by atoms with Crippen molar-refractivity contribution in [1.82, 2.24) is 9.80 Å². The van der Waals surface area contributed by atoms with Crippen LogP contribution < -0.4 is 9.47 Å². The first-order valence-corrected chi connectivity index (χ1v) is 12.5. The molecule has 0 radical (unpaired) electrons. The number of hydrogen-bond donors (Lipinski definition) is 0. The van der Waals surface area contributed by atoms with Crippen LogP contribution in [0.15, 0.2) is 42.5 Å². The van der Waals surface area contributed by atoms with E-state index in [1.54, 1.807) is 14.2 Å². The minimum atomic E-state index is 0.0907. The molecule has 2 aliphatic rings. The first-order chi connectivity index (χ1) is 16.6. The molecule has 0 unspecified atom stereocenters. The fourth-order valence-electron chi connectivity index (χ4n) is 5.21. The summed E-state index contributed by atoms with van der Waals surface area (Å²) in [7, 11) is 3.54. The number of hydrogen-bond acceptors (Lipinski definition) is 5. The Morgan fingerprint density at radius 2 is 1.91 bits per heavy atom. The lowest BCUT2D eigenvalue weighted by Crippen LogP contribution is -2.46. The van der Waals surface area contributed by atoms with Gasteiger partial charge in [-0.2, -0.15) is 0 Å². The van der Waals surface area contributed by atoms with E-state index in [4.69, 9.17) is 14.2 Å². The Hall–Kier alpha value is -2.57. The highest BCUT2D eigenvalue weighted by Crippen LogP contribution is 2.27. The smallest absolute Gasteiger partial charge is 0.254 e. The first kappa shape index (κ1) is 24.6. The van der Waals surface area contributed by atoms with E-state index in [-0.39, 0.29) is 12.0 Å². The van der Waals surface area contributed by atoms with Gasteiger partial charge >= 0.3 is 0 Å². The van der Waals surface area contributed by atoms with Crippen molar-refractivity contribution in [3.63, 3.8) is 0 Å². The van der Waals surface area contributed by atoms with Crippen LogP contribution in [0, 0.1) is 12.8 Å². The van der Waals surface area contributed by atoms with Crippen molar-refractivity contribution in [2.45, 2.75) is 45.3 Å². The molecule has 4 rings (SSSR count). The number of ether oxygens (including phenoxy) is 3. The van der Waals surface area contributed by atoms with Crippen LogP contribution in [0.3, 0.4) is 0 Å². The van der Waals surface area contributed by atoms with E-state index >= 15 is 0 Å². The highest BCUT2D eigenvalue weighted by Gasteiger charge is 2.31. The minimum Gasteiger partial charge on any atom is -0.496 e. The predicted octanol–water partition coefficient (Wildman–Crippen LogP) is 4.55. The van der Waals surface area contributed by atoms with E-state index in [9.17, 15) is 4.79 Å². The van der Waals surface area contributed by atoms with Crippen LogP contribution in [0.2, 0.25) is 0 Å². The summed E-state index contributed by atoms with van der Waals surface area (Å²) in [6, 6.07) is 14.0. The molecular formula is C28H38N2O4. The number of rotatable bonds is 4. The van der Waals surface area contributed by atoms with Crippen molar-refractivity contribution in [3.05, 3.63) is 59.2 Å². The van der Waals surface area contributed by atoms with E-state index in [0.717, 1.165) is 69.9 Å². The molecule has 4 bridgehead atoms. The second-order valence-electron chi connectivity index (χ2n) is 9.54. The molecular weight excluding hydrogens is 428 g/mol. The van der Waals surface area contributed by atoms with Gasteiger partial charge < -0.3 is 19.1 Å². The molecule has 1 fully saturated rings. The summed E-state index contributed by atoms with van der Waals surface area (Å²) in [6.07, 6.45) is 4.40. The number of carbonyl (C=O) groups excluding carboxylic acids is 1. The molecule has 0 aliphatic carbocycles. The van der Waals surface area contributed by atoms with Gasteiger partial charge in [0, 0.05) is 50.3 Å². The Bertz CT molecular complexity index is 963. The van der Waals surface area contributed by atoms with E-state index < -0.39 is 0 Å². The predicted molar refractivity (Wildman–Crippen MR) is 134 cm³/mol. The molecule has 2 aromatic rings. The average Bonchev–Trinajstić information content (AvgIpc) is 2.86. The highest BCUT2D eigenvalue weighted by atomic mass is 16.5. The van der Waals surface area contributed by atoms with E-state index in [0.29, 0.717) is 18.1 Å². The molecule has 2 aromatic carbocycles. The van der Waals surface area contributed by atoms with Gasteiger partial charge in [0.1, 0.15) is 18.1 Å². The Morgan fingerprint density at radius 1 is 1.03 bits per heavy atom. The molecule has 184 valence electrons. The second-order valence-corrected chi connectivity index (χ2v) is 9.54. The van der Waals surface area contributed by atoms with Crippen LogP contribution in [-0.4, -0.2) is 68.8 Å². The van der Waals surface area contributed by atoms with Crippen LogP contribution in [0.4, 0.5) is 0 Å². The maximum absolute atomic E-state index is 13.2. The summed E-state index contributed by atoms with van der Waals surface area (Å²) >= 11 is 0.